The quantitative estimate of drug-likeness (QED) is 0.348. The van der Waals surface area contributed by atoms with E-state index in [0.29, 0.717) is 16.9 Å². The van der Waals surface area contributed by atoms with E-state index in [2.05, 4.69) is 4.99 Å². The smallest absolute Gasteiger partial charge is 0.363 e. The van der Waals surface area contributed by atoms with Crippen LogP contribution in [0.4, 0.5) is 5.69 Å². The third-order valence-corrected chi connectivity index (χ3v) is 4.02. The third kappa shape index (κ3) is 3.77. The Labute approximate surface area is 155 Å². The van der Waals surface area contributed by atoms with Crippen molar-refractivity contribution < 1.29 is 19.2 Å². The van der Waals surface area contributed by atoms with Crippen LogP contribution < -0.4 is 4.74 Å². The third-order valence-electron chi connectivity index (χ3n) is 4.02. The molecule has 0 bridgehead atoms. The molecule has 0 atom stereocenters. The number of carbonyl (C=O) groups excluding carboxylic acids is 1. The minimum Gasteiger partial charge on any atom is -0.496 e. The standard InChI is InChI=1S/C20H16N2O5/c1-13-15(9-6-11-17(13)22(24)25)19-21-16(20(23)27-19)10-5-8-14-7-3-4-12-18(14)26-2/h3-12H,1-2H3/b8-5+,16-10+. The molecule has 0 aliphatic carbocycles. The first-order chi connectivity index (χ1) is 13.0. The van der Waals surface area contributed by atoms with E-state index in [1.165, 1.54) is 18.2 Å². The zero-order valence-electron chi connectivity index (χ0n) is 14.7. The van der Waals surface area contributed by atoms with Gasteiger partial charge in [-0.25, -0.2) is 9.79 Å². The van der Waals surface area contributed by atoms with Crippen LogP contribution in [0.5, 0.6) is 5.75 Å². The van der Waals surface area contributed by atoms with Gasteiger partial charge in [0.15, 0.2) is 5.70 Å². The fourth-order valence-corrected chi connectivity index (χ4v) is 2.64. The molecule has 3 rings (SSSR count). The van der Waals surface area contributed by atoms with E-state index in [1.807, 2.05) is 24.3 Å². The summed E-state index contributed by atoms with van der Waals surface area (Å²) in [5, 5.41) is 11.1. The van der Waals surface area contributed by atoms with Crippen molar-refractivity contribution in [2.24, 2.45) is 4.99 Å². The maximum absolute atomic E-state index is 12.1. The largest absolute Gasteiger partial charge is 0.496 e. The second kappa shape index (κ2) is 7.65. The van der Waals surface area contributed by atoms with E-state index in [-0.39, 0.29) is 17.3 Å². The minimum atomic E-state index is -0.611. The van der Waals surface area contributed by atoms with Gasteiger partial charge in [-0.05, 0) is 25.1 Å². The fraction of sp³-hybridized carbons (Fsp3) is 0.100. The first-order valence-electron chi connectivity index (χ1n) is 8.08. The summed E-state index contributed by atoms with van der Waals surface area (Å²) >= 11 is 0. The number of esters is 1. The predicted molar refractivity (Wildman–Crippen MR) is 101 cm³/mol. The molecular formula is C20H16N2O5. The average Bonchev–Trinajstić information content (AvgIpc) is 3.02. The first kappa shape index (κ1) is 18.1. The van der Waals surface area contributed by atoms with Crippen LogP contribution in [0.3, 0.4) is 0 Å². The summed E-state index contributed by atoms with van der Waals surface area (Å²) in [6.45, 7) is 1.59. The molecule has 2 aromatic carbocycles. The Kier molecular flexibility index (Phi) is 5.12. The Morgan fingerprint density at radius 3 is 2.70 bits per heavy atom. The Balaban J connectivity index is 1.89. The lowest BCUT2D eigenvalue weighted by Crippen LogP contribution is -2.08. The van der Waals surface area contributed by atoms with Gasteiger partial charge < -0.3 is 9.47 Å². The molecule has 1 heterocycles. The molecule has 1 aliphatic rings. The molecule has 0 radical (unpaired) electrons. The molecule has 7 nitrogen and oxygen atoms in total. The monoisotopic (exact) mass is 364 g/mol. The van der Waals surface area contributed by atoms with Crippen molar-refractivity contribution in [2.45, 2.75) is 6.92 Å². The van der Waals surface area contributed by atoms with Gasteiger partial charge in [0, 0.05) is 22.8 Å². The number of carbonyl (C=O) groups is 1. The number of hydrogen-bond donors (Lipinski definition) is 0. The molecule has 136 valence electrons. The van der Waals surface area contributed by atoms with E-state index in [1.54, 1.807) is 32.3 Å². The Bertz CT molecular complexity index is 1010. The van der Waals surface area contributed by atoms with E-state index >= 15 is 0 Å². The van der Waals surface area contributed by atoms with Crippen LogP contribution in [-0.2, 0) is 9.53 Å². The van der Waals surface area contributed by atoms with Crippen LogP contribution in [-0.4, -0.2) is 23.9 Å². The number of nitro groups is 1. The van der Waals surface area contributed by atoms with Gasteiger partial charge in [0.1, 0.15) is 5.75 Å². The highest BCUT2D eigenvalue weighted by atomic mass is 16.6. The van der Waals surface area contributed by atoms with Crippen molar-refractivity contribution in [2.75, 3.05) is 7.11 Å². The topological polar surface area (TPSA) is 91.0 Å². The van der Waals surface area contributed by atoms with Crippen molar-refractivity contribution in [3.63, 3.8) is 0 Å². The SMILES string of the molecule is COc1ccccc1/C=C/C=C1/N=C(c2cccc([N+](=O)[O-])c2C)OC1=O. The molecule has 0 amide bonds. The number of hydrogen-bond acceptors (Lipinski definition) is 6. The van der Waals surface area contributed by atoms with Crippen molar-refractivity contribution in [1.82, 2.24) is 0 Å². The highest BCUT2D eigenvalue weighted by Gasteiger charge is 2.26. The summed E-state index contributed by atoms with van der Waals surface area (Å²) < 4.78 is 10.4. The highest BCUT2D eigenvalue weighted by molar-refractivity contribution is 6.12. The molecule has 0 unspecified atom stereocenters. The lowest BCUT2D eigenvalue weighted by Gasteiger charge is -2.04. The van der Waals surface area contributed by atoms with Crippen LogP contribution in [0.25, 0.3) is 6.08 Å². The molecule has 0 saturated carbocycles. The van der Waals surface area contributed by atoms with Crippen LogP contribution in [0.1, 0.15) is 16.7 Å². The molecule has 0 saturated heterocycles. The summed E-state index contributed by atoms with van der Waals surface area (Å²) in [4.78, 5) is 26.8. The number of cyclic esters (lactones) is 1. The molecule has 7 heteroatoms. The fourth-order valence-electron chi connectivity index (χ4n) is 2.64. The number of aliphatic imine (C=N–C) groups is 1. The van der Waals surface area contributed by atoms with Crippen molar-refractivity contribution in [3.05, 3.63) is 87.1 Å². The summed E-state index contributed by atoms with van der Waals surface area (Å²) in [6.07, 6.45) is 4.97. The summed E-state index contributed by atoms with van der Waals surface area (Å²) in [5.74, 6) is 0.149. The Morgan fingerprint density at radius 2 is 1.96 bits per heavy atom. The molecule has 2 aromatic rings. The lowest BCUT2D eigenvalue weighted by atomic mass is 10.1. The molecular weight excluding hydrogens is 348 g/mol. The van der Waals surface area contributed by atoms with Crippen molar-refractivity contribution in [3.8, 4) is 5.75 Å². The van der Waals surface area contributed by atoms with Gasteiger partial charge in [-0.1, -0.05) is 36.4 Å². The van der Waals surface area contributed by atoms with Gasteiger partial charge in [-0.3, -0.25) is 10.1 Å². The first-order valence-corrected chi connectivity index (χ1v) is 8.08. The number of rotatable bonds is 5. The normalized spacial score (nSPS) is 15.1. The van der Waals surface area contributed by atoms with E-state index in [0.717, 1.165) is 5.56 Å². The lowest BCUT2D eigenvalue weighted by molar-refractivity contribution is -0.385. The summed E-state index contributed by atoms with van der Waals surface area (Å²) in [5.41, 5.74) is 1.71. The second-order valence-electron chi connectivity index (χ2n) is 5.67. The Morgan fingerprint density at radius 1 is 1.19 bits per heavy atom. The number of allylic oxidation sites excluding steroid dienone is 2. The van der Waals surface area contributed by atoms with Gasteiger partial charge in [0.25, 0.3) is 5.69 Å². The zero-order chi connectivity index (χ0) is 19.4. The number of methoxy groups -OCH3 is 1. The van der Waals surface area contributed by atoms with Gasteiger partial charge in [0.05, 0.1) is 12.0 Å². The molecule has 0 N–H and O–H groups in total. The van der Waals surface area contributed by atoms with E-state index < -0.39 is 10.9 Å². The molecule has 1 aliphatic heterocycles. The van der Waals surface area contributed by atoms with E-state index in [4.69, 9.17) is 9.47 Å². The van der Waals surface area contributed by atoms with Crippen molar-refractivity contribution >= 4 is 23.6 Å². The van der Waals surface area contributed by atoms with Crippen LogP contribution in [0.2, 0.25) is 0 Å². The molecule has 0 fully saturated rings. The number of nitro benzene ring substituents is 1. The number of ether oxygens (including phenoxy) is 2. The number of nitrogens with zero attached hydrogens (tertiary/aromatic N) is 2. The maximum Gasteiger partial charge on any atom is 0.363 e. The average molecular weight is 364 g/mol. The Hall–Kier alpha value is -3.74. The van der Waals surface area contributed by atoms with Gasteiger partial charge >= 0.3 is 5.97 Å². The highest BCUT2D eigenvalue weighted by Crippen LogP contribution is 2.25. The predicted octanol–water partition coefficient (Wildman–Crippen LogP) is 3.81. The molecule has 0 aromatic heterocycles. The van der Waals surface area contributed by atoms with Crippen molar-refractivity contribution in [1.29, 1.82) is 0 Å². The maximum atomic E-state index is 12.1. The van der Waals surface area contributed by atoms with Gasteiger partial charge in [-0.15, -0.1) is 0 Å². The molecule has 27 heavy (non-hydrogen) atoms. The summed E-state index contributed by atoms with van der Waals surface area (Å²) in [7, 11) is 1.58. The molecule has 0 spiro atoms. The zero-order valence-corrected chi connectivity index (χ0v) is 14.7. The second-order valence-corrected chi connectivity index (χ2v) is 5.67. The van der Waals surface area contributed by atoms with Crippen LogP contribution in [0.15, 0.2) is 65.3 Å². The number of benzene rings is 2. The van der Waals surface area contributed by atoms with Gasteiger partial charge in [0.2, 0.25) is 5.90 Å². The minimum absolute atomic E-state index is 0.0538. The number of para-hydroxylation sites is 1. The summed E-state index contributed by atoms with van der Waals surface area (Å²) in [6, 6.07) is 12.0. The van der Waals surface area contributed by atoms with Gasteiger partial charge in [-0.2, -0.15) is 0 Å². The van der Waals surface area contributed by atoms with E-state index in [9.17, 15) is 14.9 Å². The van der Waals surface area contributed by atoms with Crippen LogP contribution in [0, 0.1) is 17.0 Å². The van der Waals surface area contributed by atoms with Crippen LogP contribution >= 0.6 is 0 Å².